The van der Waals surface area contributed by atoms with E-state index in [1.165, 1.54) is 6.92 Å². The van der Waals surface area contributed by atoms with Gasteiger partial charge in [0.15, 0.2) is 0 Å². The van der Waals surface area contributed by atoms with Gasteiger partial charge < -0.3 is 9.64 Å². The zero-order valence-corrected chi connectivity index (χ0v) is 17.7. The summed E-state index contributed by atoms with van der Waals surface area (Å²) in [7, 11) is 0. The van der Waals surface area contributed by atoms with Crippen LogP contribution in [-0.2, 0) is 19.7 Å². The van der Waals surface area contributed by atoms with Crippen molar-refractivity contribution in [1.29, 1.82) is 0 Å². The van der Waals surface area contributed by atoms with Crippen molar-refractivity contribution < 1.29 is 19.1 Å². The van der Waals surface area contributed by atoms with E-state index in [2.05, 4.69) is 26.8 Å². The van der Waals surface area contributed by atoms with Crippen LogP contribution in [0.3, 0.4) is 0 Å². The summed E-state index contributed by atoms with van der Waals surface area (Å²) >= 11 is 3.40. The fourth-order valence-electron chi connectivity index (χ4n) is 3.08. The Morgan fingerprint density at radius 2 is 1.63 bits per heavy atom. The molecule has 0 atom stereocenters. The molecule has 0 unspecified atom stereocenters. The van der Waals surface area contributed by atoms with Gasteiger partial charge in [0.2, 0.25) is 11.8 Å². The van der Waals surface area contributed by atoms with Crippen molar-refractivity contribution in [3.8, 4) is 0 Å². The van der Waals surface area contributed by atoms with E-state index in [0.717, 1.165) is 10.0 Å². The maximum Gasteiger partial charge on any atom is 0.410 e. The van der Waals surface area contributed by atoms with Gasteiger partial charge in [-0.3, -0.25) is 20.4 Å². The molecule has 148 valence electrons. The van der Waals surface area contributed by atoms with Gasteiger partial charge in [-0.25, -0.2) is 4.79 Å². The van der Waals surface area contributed by atoms with Gasteiger partial charge >= 0.3 is 6.09 Å². The summed E-state index contributed by atoms with van der Waals surface area (Å²) in [5, 5.41) is 0. The van der Waals surface area contributed by atoms with E-state index in [-0.39, 0.29) is 17.9 Å². The predicted octanol–water partition coefficient (Wildman–Crippen LogP) is 2.89. The molecule has 0 aliphatic carbocycles. The molecule has 0 saturated carbocycles. The second-order valence-electron chi connectivity index (χ2n) is 7.69. The summed E-state index contributed by atoms with van der Waals surface area (Å²) in [6.07, 6.45) is 0.479. The lowest BCUT2D eigenvalue weighted by Crippen LogP contribution is -2.56. The molecule has 7 nitrogen and oxygen atoms in total. The monoisotopic (exact) mass is 439 g/mol. The van der Waals surface area contributed by atoms with Crippen LogP contribution in [-0.4, -0.2) is 41.5 Å². The third-order valence-electron chi connectivity index (χ3n) is 4.45. The number of halogens is 1. The van der Waals surface area contributed by atoms with E-state index in [0.29, 0.717) is 25.9 Å². The first-order valence-corrected chi connectivity index (χ1v) is 9.64. The van der Waals surface area contributed by atoms with Gasteiger partial charge in [-0.05, 0) is 51.3 Å². The molecule has 1 saturated heterocycles. The number of likely N-dealkylation sites (tertiary alicyclic amines) is 1. The third kappa shape index (κ3) is 5.45. The molecule has 1 aromatic rings. The minimum absolute atomic E-state index is 0.288. The number of piperidine rings is 1. The summed E-state index contributed by atoms with van der Waals surface area (Å²) in [6, 6.07) is 7.53. The standard InChI is InChI=1S/C19H26BrN3O4/c1-13(24)21-22-16(25)19(14-5-7-15(20)8-6-14)9-11-23(12-10-19)17(26)27-18(2,3)4/h5-8H,9-12H2,1-4H3,(H,21,24)(H,22,25). The number of carbonyl (C=O) groups is 3. The number of hydrogen-bond acceptors (Lipinski definition) is 4. The molecule has 0 spiro atoms. The first-order valence-electron chi connectivity index (χ1n) is 8.84. The predicted molar refractivity (Wildman–Crippen MR) is 105 cm³/mol. The number of nitrogens with zero attached hydrogens (tertiary/aromatic N) is 1. The van der Waals surface area contributed by atoms with Crippen molar-refractivity contribution in [1.82, 2.24) is 15.8 Å². The Hall–Kier alpha value is -2.09. The number of nitrogens with one attached hydrogen (secondary N) is 2. The molecule has 8 heteroatoms. The quantitative estimate of drug-likeness (QED) is 0.693. The first-order chi connectivity index (χ1) is 12.5. The Balaban J connectivity index is 2.20. The third-order valence-corrected chi connectivity index (χ3v) is 4.98. The zero-order chi connectivity index (χ0) is 20.2. The fourth-order valence-corrected chi connectivity index (χ4v) is 3.34. The normalized spacial score (nSPS) is 16.4. The molecule has 2 N–H and O–H groups in total. The average Bonchev–Trinajstić information content (AvgIpc) is 2.58. The Bertz CT molecular complexity index is 705. The lowest BCUT2D eigenvalue weighted by atomic mass is 9.72. The summed E-state index contributed by atoms with van der Waals surface area (Å²) in [5.41, 5.74) is 4.31. The molecule has 1 heterocycles. The van der Waals surface area contributed by atoms with Crippen molar-refractivity contribution in [2.24, 2.45) is 0 Å². The van der Waals surface area contributed by atoms with Crippen LogP contribution in [0.2, 0.25) is 0 Å². The Morgan fingerprint density at radius 1 is 1.07 bits per heavy atom. The number of benzene rings is 1. The molecule has 1 aliphatic heterocycles. The van der Waals surface area contributed by atoms with E-state index in [1.807, 2.05) is 45.0 Å². The van der Waals surface area contributed by atoms with Crippen LogP contribution in [0.4, 0.5) is 4.79 Å². The lowest BCUT2D eigenvalue weighted by Gasteiger charge is -2.41. The minimum atomic E-state index is -0.832. The second-order valence-corrected chi connectivity index (χ2v) is 8.61. The topological polar surface area (TPSA) is 87.7 Å². The van der Waals surface area contributed by atoms with Crippen molar-refractivity contribution >= 4 is 33.8 Å². The van der Waals surface area contributed by atoms with Crippen molar-refractivity contribution in [2.45, 2.75) is 51.6 Å². The van der Waals surface area contributed by atoms with Gasteiger partial charge in [-0.2, -0.15) is 0 Å². The van der Waals surface area contributed by atoms with Crippen molar-refractivity contribution in [3.05, 3.63) is 34.3 Å². The van der Waals surface area contributed by atoms with E-state index in [1.54, 1.807) is 4.90 Å². The van der Waals surface area contributed by atoms with Gasteiger partial charge in [0.1, 0.15) is 5.60 Å². The molecule has 1 aliphatic rings. The highest BCUT2D eigenvalue weighted by molar-refractivity contribution is 9.10. The summed E-state index contributed by atoms with van der Waals surface area (Å²) in [5.74, 6) is -0.635. The molecule has 1 fully saturated rings. The molecule has 0 radical (unpaired) electrons. The van der Waals surface area contributed by atoms with Gasteiger partial charge in [-0.1, -0.05) is 28.1 Å². The van der Waals surface area contributed by atoms with E-state index < -0.39 is 11.0 Å². The van der Waals surface area contributed by atoms with Crippen LogP contribution in [0.1, 0.15) is 46.1 Å². The van der Waals surface area contributed by atoms with Crippen LogP contribution >= 0.6 is 15.9 Å². The summed E-state index contributed by atoms with van der Waals surface area (Å²) in [4.78, 5) is 38.1. The summed E-state index contributed by atoms with van der Waals surface area (Å²) < 4.78 is 6.34. The fraction of sp³-hybridized carbons (Fsp3) is 0.526. The number of ether oxygens (including phenoxy) is 1. The molecule has 3 amide bonds. The van der Waals surface area contributed by atoms with E-state index >= 15 is 0 Å². The van der Waals surface area contributed by atoms with Crippen LogP contribution in [0, 0.1) is 0 Å². The smallest absolute Gasteiger partial charge is 0.410 e. The summed E-state index contributed by atoms with van der Waals surface area (Å²) in [6.45, 7) is 7.57. The molecule has 2 rings (SSSR count). The highest BCUT2D eigenvalue weighted by Crippen LogP contribution is 2.36. The second kappa shape index (κ2) is 8.29. The van der Waals surface area contributed by atoms with Gasteiger partial charge in [0, 0.05) is 24.5 Å². The SMILES string of the molecule is CC(=O)NNC(=O)C1(c2ccc(Br)cc2)CCN(C(=O)OC(C)(C)C)CC1. The molecular weight excluding hydrogens is 414 g/mol. The number of amides is 3. The maximum absolute atomic E-state index is 12.9. The van der Waals surface area contributed by atoms with E-state index in [9.17, 15) is 14.4 Å². The number of hydrogen-bond donors (Lipinski definition) is 2. The van der Waals surface area contributed by atoms with Crippen molar-refractivity contribution in [2.75, 3.05) is 13.1 Å². The van der Waals surface area contributed by atoms with Crippen LogP contribution in [0.25, 0.3) is 0 Å². The number of hydrazine groups is 1. The highest BCUT2D eigenvalue weighted by atomic mass is 79.9. The molecule has 0 aromatic heterocycles. The molecule has 1 aromatic carbocycles. The first kappa shape index (κ1) is 21.2. The van der Waals surface area contributed by atoms with Crippen molar-refractivity contribution in [3.63, 3.8) is 0 Å². The maximum atomic E-state index is 12.9. The Morgan fingerprint density at radius 3 is 2.11 bits per heavy atom. The molecular formula is C19H26BrN3O4. The number of carbonyl (C=O) groups excluding carboxylic acids is 3. The van der Waals surface area contributed by atoms with Crippen LogP contribution < -0.4 is 10.9 Å². The highest BCUT2D eigenvalue weighted by Gasteiger charge is 2.44. The number of rotatable bonds is 2. The van der Waals surface area contributed by atoms with Gasteiger partial charge in [-0.15, -0.1) is 0 Å². The molecule has 0 bridgehead atoms. The Kier molecular flexibility index (Phi) is 6.51. The van der Waals surface area contributed by atoms with Crippen LogP contribution in [0.15, 0.2) is 28.7 Å². The minimum Gasteiger partial charge on any atom is -0.444 e. The van der Waals surface area contributed by atoms with Crippen LogP contribution in [0.5, 0.6) is 0 Å². The zero-order valence-electron chi connectivity index (χ0n) is 16.1. The largest absolute Gasteiger partial charge is 0.444 e. The lowest BCUT2D eigenvalue weighted by molar-refractivity contribution is -0.133. The van der Waals surface area contributed by atoms with E-state index in [4.69, 9.17) is 4.74 Å². The average molecular weight is 440 g/mol. The van der Waals surface area contributed by atoms with Gasteiger partial charge in [0.25, 0.3) is 0 Å². The molecule has 27 heavy (non-hydrogen) atoms. The van der Waals surface area contributed by atoms with Gasteiger partial charge in [0.05, 0.1) is 5.41 Å². The Labute approximate surface area is 167 Å².